The fourth-order valence-corrected chi connectivity index (χ4v) is 3.05. The predicted octanol–water partition coefficient (Wildman–Crippen LogP) is 3.72. The monoisotopic (exact) mass is 292 g/mol. The average Bonchev–Trinajstić information content (AvgIpc) is 2.20. The van der Waals surface area contributed by atoms with Crippen molar-refractivity contribution >= 4 is 39.8 Å². The highest BCUT2D eigenvalue weighted by atomic mass is 35.5. The Morgan fingerprint density at radius 3 is 2.41 bits per heavy atom. The summed E-state index contributed by atoms with van der Waals surface area (Å²) in [4.78, 5) is 12.2. The zero-order valence-corrected chi connectivity index (χ0v) is 12.2. The SMILES string of the molecule is CC(C)(C)C(=O)CS(=O)c1cc(Cl)ccc1Cl. The molecule has 2 nitrogen and oxygen atoms in total. The molecule has 0 amide bonds. The van der Waals surface area contributed by atoms with Crippen LogP contribution in [0.1, 0.15) is 20.8 Å². The van der Waals surface area contributed by atoms with Gasteiger partial charge >= 0.3 is 0 Å². The lowest BCUT2D eigenvalue weighted by Crippen LogP contribution is -2.25. The topological polar surface area (TPSA) is 34.1 Å². The van der Waals surface area contributed by atoms with Gasteiger partial charge in [-0.15, -0.1) is 0 Å². The van der Waals surface area contributed by atoms with E-state index in [4.69, 9.17) is 23.2 Å². The van der Waals surface area contributed by atoms with Crippen LogP contribution < -0.4 is 0 Å². The number of Topliss-reactive ketones (excluding diaryl/α,β-unsaturated/α-hetero) is 1. The molecule has 0 saturated carbocycles. The van der Waals surface area contributed by atoms with E-state index in [2.05, 4.69) is 0 Å². The van der Waals surface area contributed by atoms with E-state index in [-0.39, 0.29) is 11.5 Å². The van der Waals surface area contributed by atoms with Crippen LogP contribution in [0.2, 0.25) is 10.0 Å². The molecule has 0 heterocycles. The van der Waals surface area contributed by atoms with Gasteiger partial charge in [0.15, 0.2) is 5.78 Å². The second-order valence-corrected chi connectivity index (χ2v) is 7.00. The maximum Gasteiger partial charge on any atom is 0.151 e. The maximum atomic E-state index is 12.0. The normalized spacial score (nSPS) is 13.5. The summed E-state index contributed by atoms with van der Waals surface area (Å²) in [7, 11) is -1.45. The van der Waals surface area contributed by atoms with Crippen molar-refractivity contribution in [3.8, 4) is 0 Å². The molecular weight excluding hydrogens is 279 g/mol. The number of rotatable bonds is 3. The number of carbonyl (C=O) groups is 1. The summed E-state index contributed by atoms with van der Waals surface area (Å²) in [6.45, 7) is 5.39. The molecule has 1 atom stereocenters. The van der Waals surface area contributed by atoms with E-state index in [0.29, 0.717) is 14.9 Å². The Kier molecular flexibility index (Phi) is 4.76. The lowest BCUT2D eigenvalue weighted by Gasteiger charge is -2.16. The quantitative estimate of drug-likeness (QED) is 0.851. The highest BCUT2D eigenvalue weighted by Crippen LogP contribution is 2.25. The van der Waals surface area contributed by atoms with Crippen molar-refractivity contribution in [2.75, 3.05) is 5.75 Å². The summed E-state index contributed by atoms with van der Waals surface area (Å²) >= 11 is 11.7. The molecule has 0 fully saturated rings. The fourth-order valence-electron chi connectivity index (χ4n) is 1.06. The first-order valence-corrected chi connectivity index (χ1v) is 7.16. The Hall–Kier alpha value is -0.380. The molecule has 0 aliphatic carbocycles. The third-order valence-electron chi connectivity index (χ3n) is 2.24. The van der Waals surface area contributed by atoms with E-state index >= 15 is 0 Å². The fraction of sp³-hybridized carbons (Fsp3) is 0.417. The summed E-state index contributed by atoms with van der Waals surface area (Å²) in [5, 5.41) is 0.829. The highest BCUT2D eigenvalue weighted by molar-refractivity contribution is 7.86. The number of hydrogen-bond acceptors (Lipinski definition) is 2. The Balaban J connectivity index is 2.91. The Morgan fingerprint density at radius 2 is 1.88 bits per heavy atom. The molecule has 5 heteroatoms. The Labute approximate surface area is 114 Å². The highest BCUT2D eigenvalue weighted by Gasteiger charge is 2.24. The van der Waals surface area contributed by atoms with Gasteiger partial charge in [0.25, 0.3) is 0 Å². The molecule has 0 aliphatic heterocycles. The van der Waals surface area contributed by atoms with Crippen LogP contribution in [-0.4, -0.2) is 15.7 Å². The number of halogens is 2. The van der Waals surface area contributed by atoms with Crippen molar-refractivity contribution in [2.24, 2.45) is 5.41 Å². The van der Waals surface area contributed by atoms with Crippen LogP contribution in [0, 0.1) is 5.41 Å². The minimum absolute atomic E-state index is 0.0381. The largest absolute Gasteiger partial charge is 0.298 e. The molecule has 0 aromatic heterocycles. The minimum Gasteiger partial charge on any atom is -0.298 e. The summed E-state index contributed by atoms with van der Waals surface area (Å²) in [5.74, 6) is -0.101. The molecule has 94 valence electrons. The van der Waals surface area contributed by atoms with E-state index in [1.165, 1.54) is 6.07 Å². The van der Waals surface area contributed by atoms with E-state index in [0.717, 1.165) is 0 Å². The summed E-state index contributed by atoms with van der Waals surface area (Å²) < 4.78 is 12.0. The molecule has 0 bridgehead atoms. The molecule has 1 unspecified atom stereocenters. The van der Waals surface area contributed by atoms with Crippen LogP contribution in [0.4, 0.5) is 0 Å². The van der Waals surface area contributed by atoms with Crippen molar-refractivity contribution < 1.29 is 9.00 Å². The smallest absolute Gasteiger partial charge is 0.151 e. The second kappa shape index (κ2) is 5.51. The zero-order valence-electron chi connectivity index (χ0n) is 9.92. The van der Waals surface area contributed by atoms with Crippen molar-refractivity contribution in [3.63, 3.8) is 0 Å². The number of hydrogen-bond donors (Lipinski definition) is 0. The summed E-state index contributed by atoms with van der Waals surface area (Å²) in [6.07, 6.45) is 0. The standard InChI is InChI=1S/C12H14Cl2O2S/c1-12(2,3)11(15)7-17(16)10-6-8(13)4-5-9(10)14/h4-6H,7H2,1-3H3. The molecule has 0 N–H and O–H groups in total. The molecule has 0 saturated heterocycles. The molecule has 1 aromatic carbocycles. The Morgan fingerprint density at radius 1 is 1.29 bits per heavy atom. The van der Waals surface area contributed by atoms with Gasteiger partial charge in [-0.1, -0.05) is 44.0 Å². The molecule has 17 heavy (non-hydrogen) atoms. The summed E-state index contributed by atoms with van der Waals surface area (Å²) in [5.41, 5.74) is -0.499. The van der Waals surface area contributed by atoms with Crippen LogP contribution in [0.5, 0.6) is 0 Å². The molecule has 0 aliphatic rings. The second-order valence-electron chi connectivity index (χ2n) is 4.74. The van der Waals surface area contributed by atoms with Crippen molar-refractivity contribution in [1.29, 1.82) is 0 Å². The van der Waals surface area contributed by atoms with Crippen molar-refractivity contribution in [2.45, 2.75) is 25.7 Å². The molecule has 0 radical (unpaired) electrons. The van der Waals surface area contributed by atoms with Gasteiger partial charge < -0.3 is 0 Å². The maximum absolute atomic E-state index is 12.0. The zero-order chi connectivity index (χ0) is 13.2. The van der Waals surface area contributed by atoms with E-state index in [1.54, 1.807) is 32.9 Å². The van der Waals surface area contributed by atoms with E-state index in [1.807, 2.05) is 0 Å². The third-order valence-corrected chi connectivity index (χ3v) is 4.27. The van der Waals surface area contributed by atoms with Gasteiger partial charge in [-0.3, -0.25) is 9.00 Å². The van der Waals surface area contributed by atoms with Gasteiger partial charge in [-0.25, -0.2) is 0 Å². The van der Waals surface area contributed by atoms with Gasteiger partial charge in [-0.2, -0.15) is 0 Å². The first-order valence-electron chi connectivity index (χ1n) is 5.08. The van der Waals surface area contributed by atoms with Crippen LogP contribution in [0.15, 0.2) is 23.1 Å². The molecular formula is C12H14Cl2O2S. The van der Waals surface area contributed by atoms with Crippen LogP contribution in [-0.2, 0) is 15.6 Å². The number of carbonyl (C=O) groups excluding carboxylic acids is 1. The van der Waals surface area contributed by atoms with Crippen LogP contribution >= 0.6 is 23.2 Å². The predicted molar refractivity (Wildman–Crippen MR) is 72.2 cm³/mol. The molecule has 0 spiro atoms. The van der Waals surface area contributed by atoms with Gasteiger partial charge in [-0.05, 0) is 18.2 Å². The Bertz CT molecular complexity index is 464. The minimum atomic E-state index is -1.45. The number of benzene rings is 1. The summed E-state index contributed by atoms with van der Waals surface area (Å²) in [6, 6.07) is 4.74. The average molecular weight is 293 g/mol. The third kappa shape index (κ3) is 4.09. The van der Waals surface area contributed by atoms with Crippen LogP contribution in [0.25, 0.3) is 0 Å². The van der Waals surface area contributed by atoms with E-state index < -0.39 is 16.2 Å². The van der Waals surface area contributed by atoms with Gasteiger partial charge in [0.1, 0.15) is 0 Å². The first kappa shape index (κ1) is 14.7. The number of ketones is 1. The first-order chi connectivity index (χ1) is 7.71. The van der Waals surface area contributed by atoms with Gasteiger partial charge in [0.2, 0.25) is 0 Å². The van der Waals surface area contributed by atoms with Crippen molar-refractivity contribution in [3.05, 3.63) is 28.2 Å². The lowest BCUT2D eigenvalue weighted by atomic mass is 9.92. The van der Waals surface area contributed by atoms with Crippen molar-refractivity contribution in [1.82, 2.24) is 0 Å². The lowest BCUT2D eigenvalue weighted by molar-refractivity contribution is -0.123. The molecule has 1 aromatic rings. The van der Waals surface area contributed by atoms with Crippen LogP contribution in [0.3, 0.4) is 0 Å². The van der Waals surface area contributed by atoms with Gasteiger partial charge in [0, 0.05) is 10.4 Å². The van der Waals surface area contributed by atoms with E-state index in [9.17, 15) is 9.00 Å². The van der Waals surface area contributed by atoms with Gasteiger partial charge in [0.05, 0.1) is 26.5 Å². The molecule has 1 rings (SSSR count).